The molecule has 5 heteroatoms. The number of carbonyl (C=O) groups is 3. The Morgan fingerprint density at radius 1 is 1.19 bits per heavy atom. The van der Waals surface area contributed by atoms with E-state index >= 15 is 0 Å². The Morgan fingerprint density at radius 3 is 2.26 bits per heavy atom. The van der Waals surface area contributed by atoms with E-state index in [-0.39, 0.29) is 29.9 Å². The normalized spacial score (nSPS) is 36.7. The van der Waals surface area contributed by atoms with Crippen molar-refractivity contribution in [3.8, 4) is 0 Å². The molecule has 5 atom stereocenters. The third kappa shape index (κ3) is 2.79. The molecule has 146 valence electrons. The summed E-state index contributed by atoms with van der Waals surface area (Å²) >= 11 is 0. The molecule has 0 amide bonds. The number of rotatable bonds is 4. The summed E-state index contributed by atoms with van der Waals surface area (Å²) in [6.07, 6.45) is 0. The third-order valence-corrected chi connectivity index (χ3v) is 6.78. The molecule has 4 unspecified atom stereocenters. The van der Waals surface area contributed by atoms with Crippen molar-refractivity contribution in [3.63, 3.8) is 0 Å². The number of hydrogen-bond donors (Lipinski definition) is 1. The lowest BCUT2D eigenvalue weighted by molar-refractivity contribution is -0.187. The summed E-state index contributed by atoms with van der Waals surface area (Å²) in [5.41, 5.74) is -2.06. The quantitative estimate of drug-likeness (QED) is 0.822. The fraction of sp³-hybridized carbons (Fsp3) is 0.591. The number of benzene rings is 1. The van der Waals surface area contributed by atoms with Crippen molar-refractivity contribution in [2.24, 2.45) is 17.3 Å². The minimum Gasteiger partial charge on any atom is -0.389 e. The van der Waals surface area contributed by atoms with Gasteiger partial charge < -0.3 is 5.11 Å². The molecule has 1 aromatic carbocycles. The van der Waals surface area contributed by atoms with Crippen LogP contribution in [0, 0.1) is 17.3 Å². The molecule has 2 bridgehead atoms. The van der Waals surface area contributed by atoms with Gasteiger partial charge in [0.1, 0.15) is 17.0 Å². The first-order valence-electron chi connectivity index (χ1n) is 9.62. The summed E-state index contributed by atoms with van der Waals surface area (Å²) in [4.78, 5) is 41.4. The van der Waals surface area contributed by atoms with Crippen LogP contribution in [-0.4, -0.2) is 52.1 Å². The fourth-order valence-corrected chi connectivity index (χ4v) is 5.31. The van der Waals surface area contributed by atoms with Crippen LogP contribution in [0.25, 0.3) is 0 Å². The van der Waals surface area contributed by atoms with Gasteiger partial charge >= 0.3 is 0 Å². The van der Waals surface area contributed by atoms with E-state index in [0.29, 0.717) is 6.54 Å². The highest BCUT2D eigenvalue weighted by molar-refractivity contribution is 6.11. The molecule has 1 saturated heterocycles. The van der Waals surface area contributed by atoms with E-state index in [1.807, 2.05) is 44.2 Å². The number of Topliss-reactive ketones (excluding diaryl/α,β-unsaturated/α-hetero) is 3. The average Bonchev–Trinajstić information content (AvgIpc) is 2.58. The summed E-state index contributed by atoms with van der Waals surface area (Å²) in [5.74, 6) is -2.86. The average molecular weight is 371 g/mol. The number of ketones is 3. The molecular weight excluding hydrogens is 342 g/mol. The SMILES string of the molecule is CC(=O)[C@H]1C(c2ccccc2)C2(C(C)=O)CN(C(C)C)CC(C2=O)C1(C)O. The molecule has 0 aromatic heterocycles. The van der Waals surface area contributed by atoms with Gasteiger partial charge in [0.05, 0.1) is 17.4 Å². The fourth-order valence-electron chi connectivity index (χ4n) is 5.31. The highest BCUT2D eigenvalue weighted by Crippen LogP contribution is 2.57. The van der Waals surface area contributed by atoms with Gasteiger partial charge in [0.15, 0.2) is 5.78 Å². The van der Waals surface area contributed by atoms with Crippen LogP contribution in [0.15, 0.2) is 30.3 Å². The zero-order valence-corrected chi connectivity index (χ0v) is 16.7. The number of piperidine rings is 1. The van der Waals surface area contributed by atoms with Crippen LogP contribution in [0.5, 0.6) is 0 Å². The van der Waals surface area contributed by atoms with Crippen LogP contribution >= 0.6 is 0 Å². The van der Waals surface area contributed by atoms with E-state index in [0.717, 1.165) is 5.56 Å². The standard InChI is InChI=1S/C22H29NO4/c1-13(2)23-11-17-20(26)22(12-23,15(4)25)19(16-9-7-6-8-10-16)18(14(3)24)21(17,5)27/h6-10,13,17-19,27H,11-12H2,1-5H3/t17?,18-,19?,21?,22?/m0/s1. The predicted octanol–water partition coefficient (Wildman–Crippen LogP) is 2.22. The van der Waals surface area contributed by atoms with Gasteiger partial charge in [-0.05, 0) is 40.2 Å². The predicted molar refractivity (Wildman–Crippen MR) is 102 cm³/mol. The highest BCUT2D eigenvalue weighted by atomic mass is 16.3. The molecule has 0 radical (unpaired) electrons. The van der Waals surface area contributed by atoms with Gasteiger partial charge in [-0.2, -0.15) is 0 Å². The van der Waals surface area contributed by atoms with Crippen LogP contribution in [0.1, 0.15) is 46.1 Å². The first-order valence-corrected chi connectivity index (χ1v) is 9.62. The first-order chi connectivity index (χ1) is 12.5. The van der Waals surface area contributed by atoms with Crippen molar-refractivity contribution in [2.45, 2.75) is 52.2 Å². The summed E-state index contributed by atoms with van der Waals surface area (Å²) in [6, 6.07) is 9.37. The summed E-state index contributed by atoms with van der Waals surface area (Å²) in [7, 11) is 0. The maximum Gasteiger partial charge on any atom is 0.155 e. The van der Waals surface area contributed by atoms with E-state index in [1.54, 1.807) is 6.92 Å². The molecule has 1 aliphatic carbocycles. The van der Waals surface area contributed by atoms with Crippen LogP contribution < -0.4 is 0 Å². The molecule has 1 aromatic rings. The van der Waals surface area contributed by atoms with Gasteiger partial charge in [-0.15, -0.1) is 0 Å². The number of nitrogens with zero attached hydrogens (tertiary/aromatic N) is 1. The van der Waals surface area contributed by atoms with Crippen LogP contribution in [0.3, 0.4) is 0 Å². The van der Waals surface area contributed by atoms with Gasteiger partial charge in [0, 0.05) is 25.0 Å². The maximum absolute atomic E-state index is 13.6. The molecule has 1 saturated carbocycles. The van der Waals surface area contributed by atoms with E-state index in [1.165, 1.54) is 13.8 Å². The number of hydrogen-bond acceptors (Lipinski definition) is 5. The zero-order valence-electron chi connectivity index (χ0n) is 16.7. The van der Waals surface area contributed by atoms with Crippen LogP contribution in [-0.2, 0) is 14.4 Å². The van der Waals surface area contributed by atoms with E-state index < -0.39 is 28.8 Å². The van der Waals surface area contributed by atoms with Crippen LogP contribution in [0.4, 0.5) is 0 Å². The molecule has 5 nitrogen and oxygen atoms in total. The number of aliphatic hydroxyl groups is 1. The molecule has 27 heavy (non-hydrogen) atoms. The second-order valence-corrected chi connectivity index (χ2v) is 8.67. The molecule has 1 heterocycles. The smallest absolute Gasteiger partial charge is 0.155 e. The van der Waals surface area contributed by atoms with Crippen molar-refractivity contribution in [1.82, 2.24) is 4.90 Å². The number of fused-ring (bicyclic) bond motifs is 2. The first kappa shape index (κ1) is 19.9. The monoisotopic (exact) mass is 371 g/mol. The highest BCUT2D eigenvalue weighted by Gasteiger charge is 2.69. The van der Waals surface area contributed by atoms with Crippen molar-refractivity contribution in [3.05, 3.63) is 35.9 Å². The van der Waals surface area contributed by atoms with E-state index in [9.17, 15) is 19.5 Å². The summed E-state index contributed by atoms with van der Waals surface area (Å²) < 4.78 is 0. The van der Waals surface area contributed by atoms with E-state index in [2.05, 4.69) is 4.90 Å². The molecule has 1 N–H and O–H groups in total. The van der Waals surface area contributed by atoms with Crippen LogP contribution in [0.2, 0.25) is 0 Å². The molecular formula is C22H29NO4. The second kappa shape index (κ2) is 6.64. The Labute approximate surface area is 160 Å². The van der Waals surface area contributed by atoms with E-state index in [4.69, 9.17) is 0 Å². The zero-order chi connectivity index (χ0) is 20.1. The van der Waals surface area contributed by atoms with Crippen molar-refractivity contribution < 1.29 is 19.5 Å². The molecule has 0 spiro atoms. The Balaban J connectivity index is 2.32. The number of likely N-dealkylation sites (tertiary alicyclic amines) is 1. The Kier molecular flexibility index (Phi) is 4.89. The minimum atomic E-state index is -1.50. The Hall–Kier alpha value is -1.85. The van der Waals surface area contributed by atoms with Gasteiger partial charge in [0.2, 0.25) is 0 Å². The lowest BCUT2D eigenvalue weighted by atomic mass is 9.47. The minimum absolute atomic E-state index is 0.125. The van der Waals surface area contributed by atoms with Crippen molar-refractivity contribution in [2.75, 3.05) is 13.1 Å². The molecule has 2 fully saturated rings. The maximum atomic E-state index is 13.6. The topological polar surface area (TPSA) is 74.7 Å². The van der Waals surface area contributed by atoms with Crippen molar-refractivity contribution >= 4 is 17.3 Å². The third-order valence-electron chi connectivity index (χ3n) is 6.78. The molecule has 2 aliphatic rings. The molecule has 1 aliphatic heterocycles. The lowest BCUT2D eigenvalue weighted by Gasteiger charge is -2.59. The van der Waals surface area contributed by atoms with Gasteiger partial charge in [-0.25, -0.2) is 0 Å². The molecule has 3 rings (SSSR count). The van der Waals surface area contributed by atoms with Gasteiger partial charge in [-0.1, -0.05) is 30.3 Å². The second-order valence-electron chi connectivity index (χ2n) is 8.67. The Bertz CT molecular complexity index is 770. The lowest BCUT2D eigenvalue weighted by Crippen LogP contribution is -2.73. The summed E-state index contributed by atoms with van der Waals surface area (Å²) in [6.45, 7) is 9.19. The Morgan fingerprint density at radius 2 is 1.78 bits per heavy atom. The van der Waals surface area contributed by atoms with Gasteiger partial charge in [-0.3, -0.25) is 19.3 Å². The van der Waals surface area contributed by atoms with Crippen molar-refractivity contribution in [1.29, 1.82) is 0 Å². The number of carbonyl (C=O) groups excluding carboxylic acids is 3. The largest absolute Gasteiger partial charge is 0.389 e. The summed E-state index contributed by atoms with van der Waals surface area (Å²) in [5, 5.41) is 11.4. The van der Waals surface area contributed by atoms with Gasteiger partial charge in [0.25, 0.3) is 0 Å².